The summed E-state index contributed by atoms with van der Waals surface area (Å²) in [7, 11) is 1.84. The van der Waals surface area contributed by atoms with E-state index in [-0.39, 0.29) is 11.8 Å². The highest BCUT2D eigenvalue weighted by Gasteiger charge is 2.32. The quantitative estimate of drug-likeness (QED) is 0.874. The first-order chi connectivity index (χ1) is 8.24. The van der Waals surface area contributed by atoms with E-state index >= 15 is 0 Å². The van der Waals surface area contributed by atoms with E-state index in [1.807, 2.05) is 31.3 Å². The van der Waals surface area contributed by atoms with Crippen LogP contribution in [-0.2, 0) is 11.3 Å². The van der Waals surface area contributed by atoms with Gasteiger partial charge in [-0.2, -0.15) is 0 Å². The lowest BCUT2D eigenvalue weighted by atomic mass is 10.3. The molecule has 1 aliphatic carbocycles. The number of rotatable bonds is 3. The van der Waals surface area contributed by atoms with Crippen molar-refractivity contribution < 1.29 is 4.79 Å². The van der Waals surface area contributed by atoms with Gasteiger partial charge in [-0.05, 0) is 25.0 Å². The number of nitrogens with zero attached hydrogens (tertiary/aromatic N) is 2. The first-order valence-electron chi connectivity index (χ1n) is 5.92. The van der Waals surface area contributed by atoms with Crippen LogP contribution in [-0.4, -0.2) is 27.8 Å². The van der Waals surface area contributed by atoms with Gasteiger partial charge in [0.1, 0.15) is 5.82 Å². The van der Waals surface area contributed by atoms with Crippen LogP contribution in [0.2, 0.25) is 0 Å². The second-order valence-corrected chi connectivity index (χ2v) is 4.67. The molecular weight excluding hydrogens is 214 g/mol. The van der Waals surface area contributed by atoms with Crippen molar-refractivity contribution in [1.82, 2.24) is 14.9 Å². The number of aromatic amines is 1. The third-order valence-corrected chi connectivity index (χ3v) is 3.13. The molecule has 1 fully saturated rings. The van der Waals surface area contributed by atoms with Crippen molar-refractivity contribution in [3.63, 3.8) is 0 Å². The van der Waals surface area contributed by atoms with Gasteiger partial charge in [-0.15, -0.1) is 0 Å². The normalized spacial score (nSPS) is 15.1. The Bertz CT molecular complexity index is 524. The molecule has 88 valence electrons. The van der Waals surface area contributed by atoms with Crippen molar-refractivity contribution in [2.45, 2.75) is 19.4 Å². The molecule has 3 rings (SSSR count). The number of carbonyl (C=O) groups is 1. The lowest BCUT2D eigenvalue weighted by Crippen LogP contribution is -2.27. The number of H-pyrrole nitrogens is 1. The van der Waals surface area contributed by atoms with Crippen LogP contribution in [0.1, 0.15) is 18.7 Å². The molecule has 1 amide bonds. The van der Waals surface area contributed by atoms with Gasteiger partial charge < -0.3 is 9.88 Å². The lowest BCUT2D eigenvalue weighted by molar-refractivity contribution is -0.131. The zero-order chi connectivity index (χ0) is 11.8. The van der Waals surface area contributed by atoms with Crippen LogP contribution in [0.3, 0.4) is 0 Å². The molecule has 1 aliphatic rings. The van der Waals surface area contributed by atoms with Gasteiger partial charge in [0.25, 0.3) is 0 Å². The van der Waals surface area contributed by atoms with Gasteiger partial charge in [-0.1, -0.05) is 12.1 Å². The molecule has 4 nitrogen and oxygen atoms in total. The average molecular weight is 229 g/mol. The summed E-state index contributed by atoms with van der Waals surface area (Å²) in [4.78, 5) is 21.3. The lowest BCUT2D eigenvalue weighted by Gasteiger charge is -2.14. The van der Waals surface area contributed by atoms with Gasteiger partial charge in [0.05, 0.1) is 17.6 Å². The molecule has 1 heterocycles. The minimum atomic E-state index is 0.241. The Hall–Kier alpha value is -1.84. The van der Waals surface area contributed by atoms with Crippen LogP contribution < -0.4 is 0 Å². The minimum Gasteiger partial charge on any atom is -0.340 e. The Morgan fingerprint density at radius 3 is 2.94 bits per heavy atom. The fourth-order valence-corrected chi connectivity index (χ4v) is 2.03. The van der Waals surface area contributed by atoms with E-state index < -0.39 is 0 Å². The Morgan fingerprint density at radius 1 is 1.47 bits per heavy atom. The SMILES string of the molecule is CN(Cc1nc2ccccc2[nH]1)C(=O)C1CC1. The molecule has 1 aromatic carbocycles. The number of para-hydroxylation sites is 2. The third kappa shape index (κ3) is 2.02. The van der Waals surface area contributed by atoms with E-state index in [1.165, 1.54) is 0 Å². The predicted octanol–water partition coefficient (Wildman–Crippen LogP) is 1.93. The maximum absolute atomic E-state index is 11.8. The Morgan fingerprint density at radius 2 is 2.24 bits per heavy atom. The predicted molar refractivity (Wildman–Crippen MR) is 65.3 cm³/mol. The standard InChI is InChI=1S/C13H15N3O/c1-16(13(17)9-6-7-9)8-12-14-10-4-2-3-5-11(10)15-12/h2-5,9H,6-8H2,1H3,(H,14,15). The molecular formula is C13H15N3O. The molecule has 0 aliphatic heterocycles. The van der Waals surface area contributed by atoms with Crippen molar-refractivity contribution in [3.05, 3.63) is 30.1 Å². The van der Waals surface area contributed by atoms with Gasteiger partial charge in [0, 0.05) is 13.0 Å². The molecule has 0 spiro atoms. The summed E-state index contributed by atoms with van der Waals surface area (Å²) in [6.45, 7) is 0.560. The van der Waals surface area contributed by atoms with Gasteiger partial charge in [0.2, 0.25) is 5.91 Å². The fraction of sp³-hybridized carbons (Fsp3) is 0.385. The number of hydrogen-bond acceptors (Lipinski definition) is 2. The number of benzene rings is 1. The van der Waals surface area contributed by atoms with Crippen LogP contribution in [0.15, 0.2) is 24.3 Å². The minimum absolute atomic E-state index is 0.241. The Kier molecular flexibility index (Phi) is 2.35. The molecule has 0 saturated heterocycles. The fourth-order valence-electron chi connectivity index (χ4n) is 2.03. The molecule has 1 N–H and O–H groups in total. The van der Waals surface area contributed by atoms with Gasteiger partial charge in [-0.25, -0.2) is 4.98 Å². The monoisotopic (exact) mass is 229 g/mol. The summed E-state index contributed by atoms with van der Waals surface area (Å²) in [5.41, 5.74) is 1.98. The van der Waals surface area contributed by atoms with Crippen molar-refractivity contribution >= 4 is 16.9 Å². The van der Waals surface area contributed by atoms with Crippen LogP contribution in [0.25, 0.3) is 11.0 Å². The zero-order valence-electron chi connectivity index (χ0n) is 9.81. The molecule has 1 aromatic heterocycles. The second-order valence-electron chi connectivity index (χ2n) is 4.67. The van der Waals surface area contributed by atoms with Crippen molar-refractivity contribution in [3.8, 4) is 0 Å². The van der Waals surface area contributed by atoms with Crippen LogP contribution in [0.5, 0.6) is 0 Å². The topological polar surface area (TPSA) is 49.0 Å². The summed E-state index contributed by atoms with van der Waals surface area (Å²) in [5, 5.41) is 0. The number of imidazole rings is 1. The van der Waals surface area contributed by atoms with E-state index in [4.69, 9.17) is 0 Å². The number of aromatic nitrogens is 2. The number of fused-ring (bicyclic) bond motifs is 1. The highest BCUT2D eigenvalue weighted by molar-refractivity contribution is 5.81. The molecule has 4 heteroatoms. The largest absolute Gasteiger partial charge is 0.340 e. The smallest absolute Gasteiger partial charge is 0.225 e. The Labute approximate surface area is 99.6 Å². The second kappa shape index (κ2) is 3.87. The van der Waals surface area contributed by atoms with Gasteiger partial charge >= 0.3 is 0 Å². The molecule has 0 unspecified atom stereocenters. The van der Waals surface area contributed by atoms with Gasteiger partial charge in [0.15, 0.2) is 0 Å². The summed E-state index contributed by atoms with van der Waals surface area (Å²) in [6.07, 6.45) is 2.09. The number of nitrogens with one attached hydrogen (secondary N) is 1. The molecule has 1 saturated carbocycles. The first kappa shape index (κ1) is 10.3. The highest BCUT2D eigenvalue weighted by atomic mass is 16.2. The van der Waals surface area contributed by atoms with E-state index in [1.54, 1.807) is 4.90 Å². The van der Waals surface area contributed by atoms with E-state index in [0.29, 0.717) is 6.54 Å². The molecule has 0 radical (unpaired) electrons. The van der Waals surface area contributed by atoms with Crippen molar-refractivity contribution in [2.24, 2.45) is 5.92 Å². The third-order valence-electron chi connectivity index (χ3n) is 3.13. The molecule has 2 aromatic rings. The van der Waals surface area contributed by atoms with Gasteiger partial charge in [-0.3, -0.25) is 4.79 Å². The molecule has 0 bridgehead atoms. The maximum Gasteiger partial charge on any atom is 0.225 e. The number of hydrogen-bond donors (Lipinski definition) is 1. The number of carbonyl (C=O) groups excluding carboxylic acids is 1. The van der Waals surface area contributed by atoms with Crippen molar-refractivity contribution in [1.29, 1.82) is 0 Å². The van der Waals surface area contributed by atoms with E-state index in [0.717, 1.165) is 29.7 Å². The first-order valence-corrected chi connectivity index (χ1v) is 5.92. The highest BCUT2D eigenvalue weighted by Crippen LogP contribution is 2.30. The van der Waals surface area contributed by atoms with Crippen LogP contribution in [0.4, 0.5) is 0 Å². The number of amides is 1. The summed E-state index contributed by atoms with van der Waals surface area (Å²) >= 11 is 0. The average Bonchev–Trinajstić information content (AvgIpc) is 3.08. The van der Waals surface area contributed by atoms with Crippen LogP contribution in [0, 0.1) is 5.92 Å². The molecule has 17 heavy (non-hydrogen) atoms. The summed E-state index contributed by atoms with van der Waals surface area (Å²) < 4.78 is 0. The molecule has 0 atom stereocenters. The Balaban J connectivity index is 1.77. The summed E-state index contributed by atoms with van der Waals surface area (Å²) in [5.74, 6) is 1.36. The zero-order valence-corrected chi connectivity index (χ0v) is 9.81. The van der Waals surface area contributed by atoms with Crippen LogP contribution >= 0.6 is 0 Å². The summed E-state index contributed by atoms with van der Waals surface area (Å²) in [6, 6.07) is 7.90. The van der Waals surface area contributed by atoms with E-state index in [9.17, 15) is 4.79 Å². The maximum atomic E-state index is 11.8. The van der Waals surface area contributed by atoms with Crippen molar-refractivity contribution in [2.75, 3.05) is 7.05 Å². The van der Waals surface area contributed by atoms with E-state index in [2.05, 4.69) is 9.97 Å².